The molecule has 234 valence electrons. The maximum atomic E-state index is 13.0. The van der Waals surface area contributed by atoms with Gasteiger partial charge in [0.15, 0.2) is 5.96 Å². The van der Waals surface area contributed by atoms with Gasteiger partial charge in [-0.05, 0) is 19.3 Å². The number of carbonyl (C=O) groups excluding carboxylic acids is 5. The van der Waals surface area contributed by atoms with Crippen molar-refractivity contribution in [2.45, 2.75) is 56.3 Å². The molecule has 42 heavy (non-hydrogen) atoms. The van der Waals surface area contributed by atoms with Crippen molar-refractivity contribution < 1.29 is 53.7 Å². The van der Waals surface area contributed by atoms with Gasteiger partial charge in [0.25, 0.3) is 0 Å². The molecular formula is C22H34N8O11S. The normalized spacial score (nSPS) is 23.0. The van der Waals surface area contributed by atoms with Crippen LogP contribution in [0.1, 0.15) is 32.1 Å². The van der Waals surface area contributed by atoms with Gasteiger partial charge in [0.05, 0.1) is 18.7 Å². The number of nitrogens with one attached hydrogen (secondary N) is 5. The Morgan fingerprint density at radius 1 is 0.810 bits per heavy atom. The Morgan fingerprint density at radius 2 is 1.43 bits per heavy atom. The molecule has 1 heterocycles. The number of rotatable bonds is 10. The topological polar surface area (TPSA) is 322 Å². The number of carboxylic acids is 3. The first kappa shape index (κ1) is 35.4. The van der Waals surface area contributed by atoms with E-state index < -0.39 is 96.8 Å². The number of amides is 5. The summed E-state index contributed by atoms with van der Waals surface area (Å²) in [5, 5.41) is 38.8. The summed E-state index contributed by atoms with van der Waals surface area (Å²) in [4.78, 5) is 101. The van der Waals surface area contributed by atoms with E-state index in [2.05, 4.69) is 31.6 Å². The van der Waals surface area contributed by atoms with Crippen molar-refractivity contribution in [3.8, 4) is 0 Å². The lowest BCUT2D eigenvalue weighted by Gasteiger charge is -2.24. The van der Waals surface area contributed by atoms with Crippen molar-refractivity contribution in [3.63, 3.8) is 0 Å². The van der Waals surface area contributed by atoms with Gasteiger partial charge in [-0.2, -0.15) is 0 Å². The Kier molecular flexibility index (Phi) is 15.1. The third-order valence-electron chi connectivity index (χ3n) is 5.46. The predicted molar refractivity (Wildman–Crippen MR) is 145 cm³/mol. The second-order valence-corrected chi connectivity index (χ2v) is 9.94. The minimum Gasteiger partial charge on any atom is -0.481 e. The van der Waals surface area contributed by atoms with E-state index >= 15 is 0 Å². The van der Waals surface area contributed by atoms with Crippen LogP contribution in [0, 0.1) is 0 Å². The third-order valence-corrected chi connectivity index (χ3v) is 6.50. The van der Waals surface area contributed by atoms with Gasteiger partial charge in [0, 0.05) is 18.7 Å². The minimum atomic E-state index is -1.70. The number of carboxylic acid groups (broad SMARTS) is 3. The fourth-order valence-electron chi connectivity index (χ4n) is 3.45. The molecule has 0 aromatic rings. The SMILES string of the molecule is NC(N)=NCCC[C@@H]1NC(=O)[C@H](CCC(=O)O)NC(=O)CSC[C@@H](C(=O)O)NC(=O)[C@H](CC(=O)O)NC(=O)CNC1=O. The average molecular weight is 619 g/mol. The van der Waals surface area contributed by atoms with E-state index in [-0.39, 0.29) is 37.5 Å². The van der Waals surface area contributed by atoms with Gasteiger partial charge >= 0.3 is 17.9 Å². The molecule has 19 nitrogen and oxygen atoms in total. The van der Waals surface area contributed by atoms with E-state index in [1.54, 1.807) is 0 Å². The zero-order valence-corrected chi connectivity index (χ0v) is 23.1. The lowest BCUT2D eigenvalue weighted by atomic mass is 10.1. The number of thioether (sulfide) groups is 1. The molecule has 12 N–H and O–H groups in total. The van der Waals surface area contributed by atoms with Crippen LogP contribution >= 0.6 is 11.8 Å². The largest absolute Gasteiger partial charge is 0.481 e. The van der Waals surface area contributed by atoms with Gasteiger partial charge in [0.1, 0.15) is 24.2 Å². The lowest BCUT2D eigenvalue weighted by Crippen LogP contribution is -2.56. The molecule has 0 aromatic heterocycles. The standard InChI is InChI=1S/C22H34N8O11S/c23-22(24)25-5-1-2-10-18(37)26-7-14(31)28-12(6-17(35)36)20(39)30-13(21(40)41)8-42-9-15(32)27-11(19(38)29-10)3-4-16(33)34/h10-13H,1-9H2,(H,26,37)(H,27,32)(H,28,31)(H,29,38)(H,30,39)(H,33,34)(H,35,36)(H,40,41)(H4,23,24,25)/t10-,11-,12-,13-/m0/s1. The zero-order chi connectivity index (χ0) is 31.8. The number of hydrogen-bond acceptors (Lipinski definition) is 10. The number of aliphatic imine (C=N–C) groups is 1. The fraction of sp³-hybridized carbons (Fsp3) is 0.591. The molecule has 5 amide bonds. The van der Waals surface area contributed by atoms with Gasteiger partial charge in [-0.25, -0.2) is 4.79 Å². The number of guanidine groups is 1. The summed E-state index contributed by atoms with van der Waals surface area (Å²) in [6, 6.07) is -5.98. The summed E-state index contributed by atoms with van der Waals surface area (Å²) >= 11 is 0.747. The molecule has 1 aliphatic heterocycles. The molecule has 0 aliphatic carbocycles. The van der Waals surface area contributed by atoms with Crippen LogP contribution in [-0.4, -0.2) is 117 Å². The van der Waals surface area contributed by atoms with Gasteiger partial charge in [-0.3, -0.25) is 38.6 Å². The maximum absolute atomic E-state index is 13.0. The molecule has 0 bridgehead atoms. The molecule has 0 aromatic carbocycles. The summed E-state index contributed by atoms with van der Waals surface area (Å²) in [6.45, 7) is -0.692. The molecule has 1 fully saturated rings. The van der Waals surface area contributed by atoms with E-state index in [0.717, 1.165) is 11.8 Å². The first-order valence-electron chi connectivity index (χ1n) is 12.5. The highest BCUT2D eigenvalue weighted by molar-refractivity contribution is 8.00. The van der Waals surface area contributed by atoms with Gasteiger partial charge in [-0.15, -0.1) is 11.8 Å². The molecule has 0 spiro atoms. The molecule has 20 heteroatoms. The van der Waals surface area contributed by atoms with Crippen molar-refractivity contribution in [1.82, 2.24) is 26.6 Å². The van der Waals surface area contributed by atoms with E-state index in [1.165, 1.54) is 0 Å². The number of aliphatic carboxylic acids is 3. The van der Waals surface area contributed by atoms with Crippen LogP contribution in [-0.2, 0) is 38.4 Å². The summed E-state index contributed by atoms with van der Waals surface area (Å²) in [7, 11) is 0. The fourth-order valence-corrected chi connectivity index (χ4v) is 4.30. The van der Waals surface area contributed by atoms with Crippen LogP contribution in [0.2, 0.25) is 0 Å². The smallest absolute Gasteiger partial charge is 0.327 e. The molecule has 4 atom stereocenters. The molecule has 1 aliphatic rings. The third kappa shape index (κ3) is 14.1. The quantitative estimate of drug-likeness (QED) is 0.0624. The molecule has 0 saturated carbocycles. The average Bonchev–Trinajstić information content (AvgIpc) is 2.88. The van der Waals surface area contributed by atoms with Gasteiger partial charge in [0.2, 0.25) is 29.5 Å². The van der Waals surface area contributed by atoms with Crippen molar-refractivity contribution in [3.05, 3.63) is 0 Å². The lowest BCUT2D eigenvalue weighted by molar-refractivity contribution is -0.143. The monoisotopic (exact) mass is 618 g/mol. The van der Waals surface area contributed by atoms with Crippen LogP contribution in [0.5, 0.6) is 0 Å². The Labute approximate surface area is 243 Å². The highest BCUT2D eigenvalue weighted by Gasteiger charge is 2.31. The van der Waals surface area contributed by atoms with E-state index in [1.807, 2.05) is 0 Å². The number of carbonyl (C=O) groups is 8. The number of nitrogens with two attached hydrogens (primary N) is 2. The molecule has 0 radical (unpaired) electrons. The second-order valence-electron chi connectivity index (χ2n) is 8.91. The molecule has 1 rings (SSSR count). The van der Waals surface area contributed by atoms with Crippen molar-refractivity contribution in [2.75, 3.05) is 24.6 Å². The van der Waals surface area contributed by atoms with E-state index in [0.29, 0.717) is 0 Å². The van der Waals surface area contributed by atoms with Crippen molar-refractivity contribution in [1.29, 1.82) is 0 Å². The van der Waals surface area contributed by atoms with Crippen molar-refractivity contribution in [2.24, 2.45) is 16.5 Å². The highest BCUT2D eigenvalue weighted by atomic mass is 32.2. The predicted octanol–water partition coefficient (Wildman–Crippen LogP) is -4.73. The number of hydrogen-bond donors (Lipinski definition) is 10. The van der Waals surface area contributed by atoms with Crippen LogP contribution in [0.15, 0.2) is 4.99 Å². The van der Waals surface area contributed by atoms with Crippen molar-refractivity contribution >= 4 is 65.2 Å². The first-order chi connectivity index (χ1) is 19.7. The minimum absolute atomic E-state index is 0.0496. The Morgan fingerprint density at radius 3 is 2.02 bits per heavy atom. The van der Waals surface area contributed by atoms with Crippen LogP contribution in [0.25, 0.3) is 0 Å². The summed E-state index contributed by atoms with van der Waals surface area (Å²) < 4.78 is 0. The van der Waals surface area contributed by atoms with E-state index in [4.69, 9.17) is 21.7 Å². The van der Waals surface area contributed by atoms with Crippen LogP contribution in [0.4, 0.5) is 0 Å². The van der Waals surface area contributed by atoms with Crippen LogP contribution in [0.3, 0.4) is 0 Å². The zero-order valence-electron chi connectivity index (χ0n) is 22.3. The summed E-state index contributed by atoms with van der Waals surface area (Å²) in [5.41, 5.74) is 10.6. The van der Waals surface area contributed by atoms with Gasteiger partial charge < -0.3 is 53.4 Å². The Hall–Kier alpha value is -4.62. The maximum Gasteiger partial charge on any atom is 0.327 e. The first-order valence-corrected chi connectivity index (χ1v) is 13.6. The van der Waals surface area contributed by atoms with Crippen LogP contribution < -0.4 is 38.1 Å². The Balaban J connectivity index is 3.28. The van der Waals surface area contributed by atoms with Gasteiger partial charge in [-0.1, -0.05) is 0 Å². The summed E-state index contributed by atoms with van der Waals surface area (Å²) in [6.07, 6.45) is -1.64. The molecule has 0 unspecified atom stereocenters. The molecular weight excluding hydrogens is 584 g/mol. The van der Waals surface area contributed by atoms with E-state index in [9.17, 15) is 43.5 Å². The second kappa shape index (κ2) is 17.9. The summed E-state index contributed by atoms with van der Waals surface area (Å²) in [5.74, 6) is -9.92. The number of nitrogens with zero attached hydrogens (tertiary/aromatic N) is 1. The molecule has 1 saturated heterocycles. The highest BCUT2D eigenvalue weighted by Crippen LogP contribution is 2.08. The Bertz CT molecular complexity index is 1080.